The summed E-state index contributed by atoms with van der Waals surface area (Å²) >= 11 is 1.50. The molecule has 3 aromatic rings. The number of aromatic nitrogens is 2. The van der Waals surface area contributed by atoms with Gasteiger partial charge in [-0.15, -0.1) is 6.58 Å². The van der Waals surface area contributed by atoms with Crippen LogP contribution in [0.3, 0.4) is 0 Å². The molecule has 0 aliphatic rings. The van der Waals surface area contributed by atoms with Gasteiger partial charge in [0, 0.05) is 20.1 Å². The van der Waals surface area contributed by atoms with Gasteiger partial charge < -0.3 is 9.47 Å². The number of fused-ring (bicyclic) bond motifs is 1. The first kappa shape index (κ1) is 18.3. The first-order valence-electron chi connectivity index (χ1n) is 8.62. The molecule has 0 radical (unpaired) electrons. The first-order valence-corrected chi connectivity index (χ1v) is 9.50. The maximum atomic E-state index is 12.8. The summed E-state index contributed by atoms with van der Waals surface area (Å²) in [5, 5.41) is 0.629. The van der Waals surface area contributed by atoms with Crippen molar-refractivity contribution in [1.82, 2.24) is 14.5 Å². The highest BCUT2D eigenvalue weighted by Crippen LogP contribution is 2.28. The van der Waals surface area contributed by atoms with E-state index in [4.69, 9.17) is 4.98 Å². The Morgan fingerprint density at radius 3 is 2.65 bits per heavy atom. The first-order chi connectivity index (χ1) is 12.6. The lowest BCUT2D eigenvalue weighted by Crippen LogP contribution is -2.32. The lowest BCUT2D eigenvalue weighted by Gasteiger charge is -2.21. The highest BCUT2D eigenvalue weighted by molar-refractivity contribution is 8.00. The Bertz CT molecular complexity index is 904. The molecule has 2 aromatic carbocycles. The molecule has 0 aliphatic carbocycles. The van der Waals surface area contributed by atoms with Gasteiger partial charge in [-0.05, 0) is 24.6 Å². The van der Waals surface area contributed by atoms with Crippen molar-refractivity contribution in [1.29, 1.82) is 0 Å². The summed E-state index contributed by atoms with van der Waals surface area (Å²) in [6.07, 6.45) is 1.85. The molecule has 1 heterocycles. The summed E-state index contributed by atoms with van der Waals surface area (Å²) < 4.78 is 2.11. The van der Waals surface area contributed by atoms with Crippen molar-refractivity contribution in [3.63, 3.8) is 0 Å². The quantitative estimate of drug-likeness (QED) is 0.461. The second-order valence-electron chi connectivity index (χ2n) is 6.22. The SMILES string of the molecule is C=CCn1c(SC(C)C(=O)N(C)Cc2ccccc2)nc2ccccc21. The van der Waals surface area contributed by atoms with Gasteiger partial charge >= 0.3 is 0 Å². The van der Waals surface area contributed by atoms with Crippen molar-refractivity contribution < 1.29 is 4.79 Å². The zero-order valence-electron chi connectivity index (χ0n) is 15.1. The van der Waals surface area contributed by atoms with Crippen LogP contribution in [0.1, 0.15) is 12.5 Å². The third-order valence-electron chi connectivity index (χ3n) is 4.20. The van der Waals surface area contributed by atoms with Crippen molar-refractivity contribution >= 4 is 28.7 Å². The summed E-state index contributed by atoms with van der Waals surface area (Å²) in [6, 6.07) is 18.0. The van der Waals surface area contributed by atoms with Crippen molar-refractivity contribution in [2.24, 2.45) is 0 Å². The van der Waals surface area contributed by atoms with Gasteiger partial charge in [0.15, 0.2) is 5.16 Å². The fourth-order valence-corrected chi connectivity index (χ4v) is 3.95. The highest BCUT2D eigenvalue weighted by Gasteiger charge is 2.22. The predicted octanol–water partition coefficient (Wildman–Crippen LogP) is 4.36. The molecule has 5 heteroatoms. The number of hydrogen-bond acceptors (Lipinski definition) is 3. The van der Waals surface area contributed by atoms with E-state index in [0.29, 0.717) is 13.1 Å². The lowest BCUT2D eigenvalue weighted by molar-refractivity contribution is -0.129. The molecule has 1 amide bonds. The minimum Gasteiger partial charge on any atom is -0.340 e. The Balaban J connectivity index is 1.75. The molecule has 0 bridgehead atoms. The normalized spacial score (nSPS) is 12.1. The molecular formula is C21H23N3OS. The monoisotopic (exact) mass is 365 g/mol. The Hall–Kier alpha value is -2.53. The Labute approximate surface area is 158 Å². The van der Waals surface area contributed by atoms with Gasteiger partial charge in [-0.25, -0.2) is 4.98 Å². The molecule has 4 nitrogen and oxygen atoms in total. The van der Waals surface area contributed by atoms with Crippen LogP contribution in [0.2, 0.25) is 0 Å². The fourth-order valence-electron chi connectivity index (χ4n) is 2.90. The minimum atomic E-state index is -0.218. The molecule has 0 spiro atoms. The smallest absolute Gasteiger partial charge is 0.235 e. The molecule has 0 saturated carbocycles. The number of hydrogen-bond donors (Lipinski definition) is 0. The van der Waals surface area contributed by atoms with Crippen LogP contribution in [0.25, 0.3) is 11.0 Å². The van der Waals surface area contributed by atoms with Gasteiger partial charge in [-0.3, -0.25) is 4.79 Å². The van der Waals surface area contributed by atoms with Gasteiger partial charge in [-0.2, -0.15) is 0 Å². The molecule has 1 unspecified atom stereocenters. The predicted molar refractivity (Wildman–Crippen MR) is 108 cm³/mol. The van der Waals surface area contributed by atoms with Crippen LogP contribution in [0.5, 0.6) is 0 Å². The highest BCUT2D eigenvalue weighted by atomic mass is 32.2. The maximum absolute atomic E-state index is 12.8. The number of nitrogens with zero attached hydrogens (tertiary/aromatic N) is 3. The average molecular weight is 366 g/mol. The minimum absolute atomic E-state index is 0.0936. The maximum Gasteiger partial charge on any atom is 0.235 e. The van der Waals surface area contributed by atoms with Crippen LogP contribution in [0.4, 0.5) is 0 Å². The van der Waals surface area contributed by atoms with E-state index in [2.05, 4.69) is 11.1 Å². The number of rotatable bonds is 7. The zero-order chi connectivity index (χ0) is 18.5. The van der Waals surface area contributed by atoms with Gasteiger partial charge in [0.2, 0.25) is 5.91 Å². The number of carbonyl (C=O) groups excluding carboxylic acids is 1. The Morgan fingerprint density at radius 2 is 1.92 bits per heavy atom. The topological polar surface area (TPSA) is 38.1 Å². The average Bonchev–Trinajstić information content (AvgIpc) is 2.99. The second-order valence-corrected chi connectivity index (χ2v) is 7.53. The molecule has 0 aliphatic heterocycles. The number of para-hydroxylation sites is 2. The number of allylic oxidation sites excluding steroid dienone is 1. The largest absolute Gasteiger partial charge is 0.340 e. The number of carbonyl (C=O) groups is 1. The molecule has 0 saturated heterocycles. The van der Waals surface area contributed by atoms with Gasteiger partial charge in [0.05, 0.1) is 16.3 Å². The van der Waals surface area contributed by atoms with Crippen molar-refractivity contribution in [3.05, 3.63) is 72.8 Å². The van der Waals surface area contributed by atoms with E-state index in [9.17, 15) is 4.79 Å². The van der Waals surface area contributed by atoms with Gasteiger partial charge in [-0.1, -0.05) is 60.3 Å². The molecular weight excluding hydrogens is 342 g/mol. The lowest BCUT2D eigenvalue weighted by atomic mass is 10.2. The molecule has 1 aromatic heterocycles. The molecule has 3 rings (SSSR count). The van der Waals surface area contributed by atoms with E-state index in [0.717, 1.165) is 21.8 Å². The molecule has 1 atom stereocenters. The number of thioether (sulfide) groups is 1. The second kappa shape index (κ2) is 8.23. The summed E-state index contributed by atoms with van der Waals surface area (Å²) in [5.41, 5.74) is 3.13. The van der Waals surface area contributed by atoms with Crippen LogP contribution in [-0.2, 0) is 17.9 Å². The van der Waals surface area contributed by atoms with Gasteiger partial charge in [0.1, 0.15) is 0 Å². The van der Waals surface area contributed by atoms with Crippen molar-refractivity contribution in [2.45, 2.75) is 30.4 Å². The van der Waals surface area contributed by atoms with E-state index in [1.807, 2.05) is 74.6 Å². The number of imidazole rings is 1. The van der Waals surface area contributed by atoms with Gasteiger partial charge in [0.25, 0.3) is 0 Å². The van der Waals surface area contributed by atoms with Crippen LogP contribution >= 0.6 is 11.8 Å². The summed E-state index contributed by atoms with van der Waals surface area (Å²) in [7, 11) is 1.85. The summed E-state index contributed by atoms with van der Waals surface area (Å²) in [6.45, 7) is 7.05. The molecule has 26 heavy (non-hydrogen) atoms. The third-order valence-corrected chi connectivity index (χ3v) is 5.28. The summed E-state index contributed by atoms with van der Waals surface area (Å²) in [4.78, 5) is 19.3. The molecule has 0 fully saturated rings. The Kier molecular flexibility index (Phi) is 5.78. The van der Waals surface area contributed by atoms with Crippen molar-refractivity contribution in [3.8, 4) is 0 Å². The van der Waals surface area contributed by atoms with E-state index in [-0.39, 0.29) is 11.2 Å². The van der Waals surface area contributed by atoms with Crippen LogP contribution in [-0.4, -0.2) is 32.7 Å². The zero-order valence-corrected chi connectivity index (χ0v) is 15.9. The fraction of sp³-hybridized carbons (Fsp3) is 0.238. The van der Waals surface area contributed by atoms with E-state index >= 15 is 0 Å². The van der Waals surface area contributed by atoms with Crippen molar-refractivity contribution in [2.75, 3.05) is 7.05 Å². The molecule has 0 N–H and O–H groups in total. The number of amides is 1. The Morgan fingerprint density at radius 1 is 1.23 bits per heavy atom. The van der Waals surface area contributed by atoms with Crippen LogP contribution in [0, 0.1) is 0 Å². The van der Waals surface area contributed by atoms with E-state index in [1.54, 1.807) is 4.90 Å². The van der Waals surface area contributed by atoms with E-state index in [1.165, 1.54) is 11.8 Å². The summed E-state index contributed by atoms with van der Waals surface area (Å²) in [5.74, 6) is 0.0936. The van der Waals surface area contributed by atoms with E-state index < -0.39 is 0 Å². The molecule has 134 valence electrons. The van der Waals surface area contributed by atoms with Crippen LogP contribution in [0.15, 0.2) is 72.4 Å². The van der Waals surface area contributed by atoms with Crippen LogP contribution < -0.4 is 0 Å². The third kappa shape index (κ3) is 3.99. The number of benzene rings is 2. The standard InChI is InChI=1S/C21H23N3OS/c1-4-14-24-19-13-9-8-12-18(19)22-21(24)26-16(2)20(25)23(3)15-17-10-6-5-7-11-17/h4-13,16H,1,14-15H2,2-3H3.